The third-order valence-corrected chi connectivity index (χ3v) is 2.29. The zero-order chi connectivity index (χ0) is 10.8. The van der Waals surface area contributed by atoms with Crippen LogP contribution in [-0.4, -0.2) is 18.9 Å². The van der Waals surface area contributed by atoms with Crippen molar-refractivity contribution in [1.82, 2.24) is 0 Å². The molecule has 1 aromatic carbocycles. The first kappa shape index (κ1) is 14.6. The summed E-state index contributed by atoms with van der Waals surface area (Å²) in [5, 5.41) is 0. The van der Waals surface area contributed by atoms with E-state index in [0.29, 0.717) is 11.1 Å². The maximum atomic E-state index is 10.7. The summed E-state index contributed by atoms with van der Waals surface area (Å²) in [6.45, 7) is 0. The van der Waals surface area contributed by atoms with Crippen LogP contribution in [0.3, 0.4) is 0 Å². The standard InChI is InChI=1S/C8H9NO4S.Na.H/c9-8(10)7-3-1-6(2-4-7)5-14(11,12)13;;/h1-4H,5H2,(H2,9,10)(H,11,12,13);;/q;+1;-1. The molecule has 0 saturated carbocycles. The average Bonchev–Trinajstić information content (AvgIpc) is 2.02. The summed E-state index contributed by atoms with van der Waals surface area (Å²) in [6, 6.07) is 5.66. The molecule has 0 aliphatic rings. The molecule has 1 rings (SSSR count). The van der Waals surface area contributed by atoms with Crippen LogP contribution in [0.15, 0.2) is 24.3 Å². The zero-order valence-electron chi connectivity index (χ0n) is 9.17. The average molecular weight is 239 g/mol. The molecule has 0 fully saturated rings. The number of carbonyl (C=O) groups excluding carboxylic acids is 1. The van der Waals surface area contributed by atoms with E-state index in [-0.39, 0.29) is 31.0 Å². The Bertz CT molecular complexity index is 446. The van der Waals surface area contributed by atoms with Gasteiger partial charge in [-0.1, -0.05) is 12.1 Å². The summed E-state index contributed by atoms with van der Waals surface area (Å²) in [5.74, 6) is -1.05. The van der Waals surface area contributed by atoms with Crippen molar-refractivity contribution in [2.24, 2.45) is 5.73 Å². The van der Waals surface area contributed by atoms with Gasteiger partial charge in [0.25, 0.3) is 10.1 Å². The predicted octanol–water partition coefficient (Wildman–Crippen LogP) is -2.71. The fourth-order valence-corrected chi connectivity index (χ4v) is 1.59. The molecule has 0 atom stereocenters. The molecule has 0 heterocycles. The Morgan fingerprint density at radius 3 is 2.13 bits per heavy atom. The van der Waals surface area contributed by atoms with Crippen LogP contribution in [-0.2, 0) is 15.9 Å². The van der Waals surface area contributed by atoms with Gasteiger partial charge in [0, 0.05) is 5.56 Å². The largest absolute Gasteiger partial charge is 1.00 e. The zero-order valence-corrected chi connectivity index (χ0v) is 11.0. The molecular weight excluding hydrogens is 229 g/mol. The van der Waals surface area contributed by atoms with Crippen molar-refractivity contribution in [1.29, 1.82) is 0 Å². The van der Waals surface area contributed by atoms with E-state index in [1.54, 1.807) is 0 Å². The summed E-state index contributed by atoms with van der Waals surface area (Å²) < 4.78 is 29.5. The first-order valence-corrected chi connectivity index (χ1v) is 5.33. The van der Waals surface area contributed by atoms with E-state index < -0.39 is 21.8 Å². The van der Waals surface area contributed by atoms with Crippen LogP contribution < -0.4 is 35.3 Å². The van der Waals surface area contributed by atoms with Crippen molar-refractivity contribution >= 4 is 16.0 Å². The van der Waals surface area contributed by atoms with Crippen LogP contribution in [0.4, 0.5) is 0 Å². The second-order valence-electron chi connectivity index (χ2n) is 2.79. The van der Waals surface area contributed by atoms with Gasteiger partial charge in [-0.15, -0.1) is 0 Å². The number of amides is 1. The molecule has 0 aliphatic carbocycles. The molecule has 0 unspecified atom stereocenters. The Kier molecular flexibility index (Phi) is 5.47. The molecular formula is C8H10NNaO4S. The van der Waals surface area contributed by atoms with Crippen LogP contribution >= 0.6 is 0 Å². The molecule has 0 saturated heterocycles. The van der Waals surface area contributed by atoms with Crippen LogP contribution in [0.25, 0.3) is 0 Å². The van der Waals surface area contributed by atoms with Crippen LogP contribution in [0, 0.1) is 0 Å². The second kappa shape index (κ2) is 5.62. The SMILES string of the molecule is NC(=O)c1ccc(CS(=O)(=O)O)cc1.[H-].[Na+]. The van der Waals surface area contributed by atoms with E-state index in [2.05, 4.69) is 0 Å². The Morgan fingerprint density at radius 2 is 1.80 bits per heavy atom. The smallest absolute Gasteiger partial charge is 1.00 e. The molecule has 78 valence electrons. The van der Waals surface area contributed by atoms with Gasteiger partial charge >= 0.3 is 29.6 Å². The van der Waals surface area contributed by atoms with E-state index >= 15 is 0 Å². The third-order valence-electron chi connectivity index (χ3n) is 1.59. The van der Waals surface area contributed by atoms with Gasteiger partial charge in [0.05, 0.1) is 0 Å². The predicted molar refractivity (Wildman–Crippen MR) is 51.3 cm³/mol. The van der Waals surface area contributed by atoms with E-state index in [4.69, 9.17) is 10.3 Å². The minimum Gasteiger partial charge on any atom is -1.00 e. The Hall–Kier alpha value is -0.400. The number of rotatable bonds is 3. The van der Waals surface area contributed by atoms with Crippen molar-refractivity contribution in [2.75, 3.05) is 0 Å². The molecule has 0 spiro atoms. The van der Waals surface area contributed by atoms with Crippen LogP contribution in [0.2, 0.25) is 0 Å². The number of carbonyl (C=O) groups is 1. The minimum absolute atomic E-state index is 0. The van der Waals surface area contributed by atoms with E-state index in [1.165, 1.54) is 24.3 Å². The molecule has 0 radical (unpaired) electrons. The van der Waals surface area contributed by atoms with Crippen molar-refractivity contribution in [3.63, 3.8) is 0 Å². The van der Waals surface area contributed by atoms with Gasteiger partial charge in [-0.3, -0.25) is 9.35 Å². The van der Waals surface area contributed by atoms with Gasteiger partial charge in [0.2, 0.25) is 5.91 Å². The quantitative estimate of drug-likeness (QED) is 0.442. The fraction of sp³-hybridized carbons (Fsp3) is 0.125. The number of nitrogens with two attached hydrogens (primary N) is 1. The molecule has 3 N–H and O–H groups in total. The number of primary amides is 1. The topological polar surface area (TPSA) is 97.5 Å². The Labute approximate surface area is 111 Å². The molecule has 15 heavy (non-hydrogen) atoms. The Balaban J connectivity index is 0. The fourth-order valence-electron chi connectivity index (χ4n) is 0.976. The van der Waals surface area contributed by atoms with E-state index in [9.17, 15) is 13.2 Å². The summed E-state index contributed by atoms with van der Waals surface area (Å²) in [4.78, 5) is 10.7. The maximum absolute atomic E-state index is 10.7. The molecule has 0 aliphatic heterocycles. The van der Waals surface area contributed by atoms with Crippen molar-refractivity contribution < 1.29 is 48.7 Å². The third kappa shape index (κ3) is 5.29. The monoisotopic (exact) mass is 239 g/mol. The molecule has 1 amide bonds. The summed E-state index contributed by atoms with van der Waals surface area (Å²) in [5.41, 5.74) is 5.68. The first-order valence-electron chi connectivity index (χ1n) is 3.72. The molecule has 7 heteroatoms. The van der Waals surface area contributed by atoms with Crippen molar-refractivity contribution in [2.45, 2.75) is 5.75 Å². The number of hydrogen-bond acceptors (Lipinski definition) is 3. The summed E-state index contributed by atoms with van der Waals surface area (Å²) in [6.07, 6.45) is 0. The molecule has 5 nitrogen and oxygen atoms in total. The summed E-state index contributed by atoms with van der Waals surface area (Å²) in [7, 11) is -4.03. The van der Waals surface area contributed by atoms with Crippen molar-refractivity contribution in [3.8, 4) is 0 Å². The van der Waals surface area contributed by atoms with Gasteiger partial charge in [-0.25, -0.2) is 0 Å². The second-order valence-corrected chi connectivity index (χ2v) is 4.24. The summed E-state index contributed by atoms with van der Waals surface area (Å²) >= 11 is 0. The van der Waals surface area contributed by atoms with Gasteiger partial charge in [0.1, 0.15) is 5.75 Å². The Morgan fingerprint density at radius 1 is 1.33 bits per heavy atom. The molecule has 1 aromatic rings. The van der Waals surface area contributed by atoms with Crippen molar-refractivity contribution in [3.05, 3.63) is 35.4 Å². The van der Waals surface area contributed by atoms with Gasteiger partial charge in [-0.2, -0.15) is 8.42 Å². The van der Waals surface area contributed by atoms with Gasteiger partial charge in [-0.05, 0) is 17.7 Å². The van der Waals surface area contributed by atoms with E-state index in [0.717, 1.165) is 0 Å². The molecule has 0 bridgehead atoms. The molecule has 0 aromatic heterocycles. The normalized spacial score (nSPS) is 10.5. The van der Waals surface area contributed by atoms with Crippen LogP contribution in [0.5, 0.6) is 0 Å². The number of hydrogen-bond donors (Lipinski definition) is 2. The van der Waals surface area contributed by atoms with Crippen LogP contribution in [0.1, 0.15) is 17.3 Å². The van der Waals surface area contributed by atoms with Gasteiger partial charge < -0.3 is 7.16 Å². The number of benzene rings is 1. The van der Waals surface area contributed by atoms with Gasteiger partial charge in [0.15, 0.2) is 0 Å². The minimum atomic E-state index is -4.03. The van der Waals surface area contributed by atoms with E-state index in [1.807, 2.05) is 0 Å². The maximum Gasteiger partial charge on any atom is 1.00 e. The first-order chi connectivity index (χ1) is 6.38.